The lowest BCUT2D eigenvalue weighted by Gasteiger charge is -2.12. The molecule has 0 bridgehead atoms. The zero-order valence-electron chi connectivity index (χ0n) is 6.86. The van der Waals surface area contributed by atoms with Gasteiger partial charge in [-0.2, -0.15) is 0 Å². The van der Waals surface area contributed by atoms with Crippen molar-refractivity contribution in [2.75, 3.05) is 0 Å². The minimum atomic E-state index is -2.87. The number of rotatable bonds is 5. The van der Waals surface area contributed by atoms with Crippen LogP contribution >= 0.6 is 33.2 Å². The molecule has 0 aromatic rings. The lowest BCUT2D eigenvalue weighted by molar-refractivity contribution is 0.367. The third kappa shape index (κ3) is 11.2. The van der Waals surface area contributed by atoms with Gasteiger partial charge in [-0.3, -0.25) is 0 Å². The molecule has 2 N–H and O–H groups in total. The smallest absolute Gasteiger partial charge is 0.341 e. The second kappa shape index (κ2) is 5.19. The lowest BCUT2D eigenvalue weighted by Crippen LogP contribution is -2.29. The fraction of sp³-hybridized carbons (Fsp3) is 1.00. The molecule has 0 saturated carbocycles. The largest absolute Gasteiger partial charge is 0.411 e. The van der Waals surface area contributed by atoms with E-state index in [0.717, 1.165) is 12.8 Å². The van der Waals surface area contributed by atoms with E-state index in [4.69, 9.17) is 42.8 Å². The van der Waals surface area contributed by atoms with Crippen LogP contribution in [0, 0.1) is 0 Å². The van der Waals surface area contributed by atoms with Gasteiger partial charge in [0.1, 0.15) is 0 Å². The molecule has 0 unspecified atom stereocenters. The molecule has 2 nitrogen and oxygen atoms in total. The standard InChI is InChI=1S/C5H13Cl3O2Si2/c1-11(9,10)4-2-3-5-12(6,7)8/h9-10H,2-5H2,1H3. The van der Waals surface area contributed by atoms with Crippen LogP contribution in [0.1, 0.15) is 12.8 Å². The molecule has 0 radical (unpaired) electrons. The first kappa shape index (κ1) is 13.2. The summed E-state index contributed by atoms with van der Waals surface area (Å²) in [5.41, 5.74) is 0. The quantitative estimate of drug-likeness (QED) is 0.456. The molecule has 0 aliphatic rings. The van der Waals surface area contributed by atoms with E-state index in [0.29, 0.717) is 12.1 Å². The Labute approximate surface area is 88.8 Å². The molecule has 0 fully saturated rings. The van der Waals surface area contributed by atoms with E-state index in [1.165, 1.54) is 6.55 Å². The molecule has 0 aromatic carbocycles. The number of halogens is 3. The van der Waals surface area contributed by atoms with Gasteiger partial charge in [0.15, 0.2) is 0 Å². The number of hydrogen-bond acceptors (Lipinski definition) is 2. The molecule has 0 atom stereocenters. The molecular formula is C5H13Cl3O2Si2. The molecule has 0 saturated heterocycles. The molecule has 0 aliphatic heterocycles. The summed E-state index contributed by atoms with van der Waals surface area (Å²) in [6, 6.07) is -1.42. The molecule has 12 heavy (non-hydrogen) atoms. The summed E-state index contributed by atoms with van der Waals surface area (Å²) < 4.78 is 0. The first-order chi connectivity index (χ1) is 5.21. The van der Waals surface area contributed by atoms with E-state index < -0.39 is 14.6 Å². The first-order valence-electron chi connectivity index (χ1n) is 3.72. The SMILES string of the molecule is C[Si](O)(O)CCCC[Si](Cl)(Cl)Cl. The Morgan fingerprint density at radius 1 is 1.00 bits per heavy atom. The Bertz CT molecular complexity index is 116. The summed E-state index contributed by atoms with van der Waals surface area (Å²) in [5.74, 6) is 0. The second-order valence-corrected chi connectivity index (χ2v) is 15.3. The number of hydrogen-bond donors (Lipinski definition) is 2. The van der Waals surface area contributed by atoms with E-state index in [1.54, 1.807) is 0 Å². The molecule has 7 heteroatoms. The summed E-state index contributed by atoms with van der Waals surface area (Å²) >= 11 is 16.9. The Hall–Kier alpha value is 1.22. The van der Waals surface area contributed by atoms with Crippen LogP contribution in [0.2, 0.25) is 18.6 Å². The highest BCUT2D eigenvalue weighted by Gasteiger charge is 2.25. The van der Waals surface area contributed by atoms with Gasteiger partial charge in [0.05, 0.1) is 0 Å². The number of unbranched alkanes of at least 4 members (excludes halogenated alkanes) is 1. The Morgan fingerprint density at radius 2 is 1.42 bits per heavy atom. The lowest BCUT2D eigenvalue weighted by atomic mass is 10.4. The van der Waals surface area contributed by atoms with Crippen molar-refractivity contribution >= 4 is 47.8 Å². The van der Waals surface area contributed by atoms with Gasteiger partial charge in [0.25, 0.3) is 0 Å². The predicted molar refractivity (Wildman–Crippen MR) is 58.2 cm³/mol. The summed E-state index contributed by atoms with van der Waals surface area (Å²) in [7, 11) is -2.87. The highest BCUT2D eigenvalue weighted by Crippen LogP contribution is 2.27. The summed E-state index contributed by atoms with van der Waals surface area (Å²) in [4.78, 5) is 18.1. The second-order valence-electron chi connectivity index (χ2n) is 3.04. The van der Waals surface area contributed by atoms with Crippen LogP contribution in [-0.2, 0) is 0 Å². The molecule has 0 aromatic heterocycles. The van der Waals surface area contributed by atoms with Crippen LogP contribution in [0.4, 0.5) is 0 Å². The predicted octanol–water partition coefficient (Wildman–Crippen LogP) is 2.48. The van der Waals surface area contributed by atoms with Crippen molar-refractivity contribution in [2.24, 2.45) is 0 Å². The Kier molecular flexibility index (Phi) is 5.72. The van der Waals surface area contributed by atoms with Gasteiger partial charge in [0, 0.05) is 0 Å². The van der Waals surface area contributed by atoms with Gasteiger partial charge in [0.2, 0.25) is 0 Å². The van der Waals surface area contributed by atoms with Crippen molar-refractivity contribution in [3.05, 3.63) is 0 Å². The summed E-state index contributed by atoms with van der Waals surface area (Å²) in [5, 5.41) is 0. The monoisotopic (exact) mass is 266 g/mol. The van der Waals surface area contributed by atoms with Crippen molar-refractivity contribution in [1.82, 2.24) is 0 Å². The molecule has 0 aliphatic carbocycles. The van der Waals surface area contributed by atoms with Crippen LogP contribution in [0.25, 0.3) is 0 Å². The first-order valence-corrected chi connectivity index (χ1v) is 11.6. The van der Waals surface area contributed by atoms with Gasteiger partial charge in [-0.25, -0.2) is 0 Å². The molecule has 74 valence electrons. The van der Waals surface area contributed by atoms with Crippen LogP contribution in [0.5, 0.6) is 0 Å². The topological polar surface area (TPSA) is 40.5 Å². The average Bonchev–Trinajstić information content (AvgIpc) is 1.76. The van der Waals surface area contributed by atoms with Crippen molar-refractivity contribution in [3.8, 4) is 0 Å². The highest BCUT2D eigenvalue weighted by molar-refractivity contribution is 7.64. The minimum Gasteiger partial charge on any atom is -0.411 e. The van der Waals surface area contributed by atoms with Crippen LogP contribution in [-0.4, -0.2) is 24.2 Å². The Balaban J connectivity index is 3.35. The van der Waals surface area contributed by atoms with Crippen molar-refractivity contribution in [2.45, 2.75) is 31.5 Å². The molecule has 0 heterocycles. The molecule has 0 spiro atoms. The summed E-state index contributed by atoms with van der Waals surface area (Å²) in [6.07, 6.45) is 1.50. The highest BCUT2D eigenvalue weighted by atomic mass is 35.8. The molecular weight excluding hydrogens is 255 g/mol. The van der Waals surface area contributed by atoms with Gasteiger partial charge in [-0.1, -0.05) is 12.8 Å². The van der Waals surface area contributed by atoms with E-state index in [1.807, 2.05) is 0 Å². The maximum atomic E-state index is 9.05. The fourth-order valence-electron chi connectivity index (χ4n) is 0.785. The third-order valence-electron chi connectivity index (χ3n) is 1.36. The summed E-state index contributed by atoms with van der Waals surface area (Å²) in [6.45, 7) is 1.49. The zero-order chi connectivity index (χ0) is 9.83. The van der Waals surface area contributed by atoms with Gasteiger partial charge >= 0.3 is 14.6 Å². The van der Waals surface area contributed by atoms with E-state index in [2.05, 4.69) is 0 Å². The third-order valence-corrected chi connectivity index (χ3v) is 5.28. The fourth-order valence-corrected chi connectivity index (χ4v) is 3.56. The molecule has 0 rings (SSSR count). The Morgan fingerprint density at radius 3 is 1.75 bits per heavy atom. The van der Waals surface area contributed by atoms with Gasteiger partial charge < -0.3 is 9.59 Å². The van der Waals surface area contributed by atoms with Gasteiger partial charge in [-0.05, 0) is 18.6 Å². The zero-order valence-corrected chi connectivity index (χ0v) is 11.1. The average molecular weight is 268 g/mol. The van der Waals surface area contributed by atoms with Crippen molar-refractivity contribution < 1.29 is 9.59 Å². The van der Waals surface area contributed by atoms with E-state index >= 15 is 0 Å². The maximum Gasteiger partial charge on any atom is 0.341 e. The van der Waals surface area contributed by atoms with Crippen LogP contribution < -0.4 is 0 Å². The van der Waals surface area contributed by atoms with Crippen LogP contribution in [0.3, 0.4) is 0 Å². The van der Waals surface area contributed by atoms with E-state index in [9.17, 15) is 0 Å². The normalized spacial score (nSPS) is 13.5. The van der Waals surface area contributed by atoms with Crippen LogP contribution in [0.15, 0.2) is 0 Å². The maximum absolute atomic E-state index is 9.05. The molecule has 0 amide bonds. The minimum absolute atomic E-state index is 0.460. The van der Waals surface area contributed by atoms with E-state index in [-0.39, 0.29) is 0 Å². The van der Waals surface area contributed by atoms with Crippen molar-refractivity contribution in [3.63, 3.8) is 0 Å². The van der Waals surface area contributed by atoms with Gasteiger partial charge in [-0.15, -0.1) is 33.2 Å². The van der Waals surface area contributed by atoms with Crippen molar-refractivity contribution in [1.29, 1.82) is 0 Å².